The molecule has 4 heteroatoms. The number of hydrogen-bond donors (Lipinski definition) is 1. The van der Waals surface area contributed by atoms with E-state index in [0.717, 1.165) is 31.9 Å². The number of ether oxygens (including phenoxy) is 1. The van der Waals surface area contributed by atoms with E-state index in [2.05, 4.69) is 5.32 Å². The number of nitrogens with one attached hydrogen (secondary N) is 1. The van der Waals surface area contributed by atoms with E-state index in [4.69, 9.17) is 4.74 Å². The Morgan fingerprint density at radius 3 is 2.75 bits per heavy atom. The molecule has 0 amide bonds. The fourth-order valence-electron chi connectivity index (χ4n) is 2.17. The Balaban J connectivity index is 2.37. The van der Waals surface area contributed by atoms with Crippen molar-refractivity contribution in [1.29, 1.82) is 0 Å². The van der Waals surface area contributed by atoms with Crippen molar-refractivity contribution in [2.45, 2.75) is 25.3 Å². The molecule has 0 spiro atoms. The van der Waals surface area contributed by atoms with Crippen LogP contribution >= 0.6 is 0 Å². The van der Waals surface area contributed by atoms with Crippen LogP contribution in [0.3, 0.4) is 0 Å². The van der Waals surface area contributed by atoms with Gasteiger partial charge >= 0.3 is 0 Å². The van der Waals surface area contributed by atoms with Gasteiger partial charge in [-0.1, -0.05) is 6.42 Å². The van der Waals surface area contributed by atoms with Crippen molar-refractivity contribution in [3.63, 3.8) is 0 Å². The van der Waals surface area contributed by atoms with E-state index in [-0.39, 0.29) is 11.8 Å². The van der Waals surface area contributed by atoms with Crippen LogP contribution in [0, 0.1) is 11.6 Å². The van der Waals surface area contributed by atoms with Crippen LogP contribution < -0.4 is 10.1 Å². The molecule has 1 aromatic carbocycles. The summed E-state index contributed by atoms with van der Waals surface area (Å²) in [5.74, 6) is -0.845. The van der Waals surface area contributed by atoms with Gasteiger partial charge in [0.1, 0.15) is 17.4 Å². The van der Waals surface area contributed by atoms with Crippen molar-refractivity contribution in [2.24, 2.45) is 0 Å². The van der Waals surface area contributed by atoms with E-state index >= 15 is 0 Å². The van der Waals surface area contributed by atoms with Gasteiger partial charge in [0.2, 0.25) is 0 Å². The van der Waals surface area contributed by atoms with Gasteiger partial charge in [0, 0.05) is 23.7 Å². The Bertz CT molecular complexity index is 376. The maximum absolute atomic E-state index is 13.7. The van der Waals surface area contributed by atoms with Gasteiger partial charge in [0.05, 0.1) is 7.11 Å². The summed E-state index contributed by atoms with van der Waals surface area (Å²) in [7, 11) is 1.43. The number of methoxy groups -OCH3 is 1. The number of benzene rings is 1. The van der Waals surface area contributed by atoms with E-state index in [1.54, 1.807) is 0 Å². The maximum atomic E-state index is 13.7. The highest BCUT2D eigenvalue weighted by Gasteiger charge is 2.23. The van der Waals surface area contributed by atoms with Crippen LogP contribution in [0.5, 0.6) is 5.75 Å². The second-order valence-electron chi connectivity index (χ2n) is 4.01. The second kappa shape index (κ2) is 4.78. The Morgan fingerprint density at radius 2 is 2.12 bits per heavy atom. The van der Waals surface area contributed by atoms with Gasteiger partial charge in [-0.25, -0.2) is 8.78 Å². The molecule has 1 N–H and O–H groups in total. The lowest BCUT2D eigenvalue weighted by Gasteiger charge is -2.25. The van der Waals surface area contributed by atoms with Gasteiger partial charge in [-0.3, -0.25) is 0 Å². The summed E-state index contributed by atoms with van der Waals surface area (Å²) < 4.78 is 31.8. The van der Waals surface area contributed by atoms with Crippen molar-refractivity contribution in [1.82, 2.24) is 5.32 Å². The van der Waals surface area contributed by atoms with Crippen molar-refractivity contribution in [3.05, 3.63) is 29.3 Å². The first-order chi connectivity index (χ1) is 7.72. The Morgan fingerprint density at radius 1 is 1.31 bits per heavy atom. The predicted octanol–water partition coefficient (Wildman–Crippen LogP) is 2.79. The third kappa shape index (κ3) is 2.16. The van der Waals surface area contributed by atoms with Crippen LogP contribution in [0.4, 0.5) is 8.78 Å². The van der Waals surface area contributed by atoms with E-state index in [9.17, 15) is 8.78 Å². The van der Waals surface area contributed by atoms with Gasteiger partial charge in [-0.2, -0.15) is 0 Å². The van der Waals surface area contributed by atoms with Crippen molar-refractivity contribution < 1.29 is 13.5 Å². The third-order valence-corrected chi connectivity index (χ3v) is 2.94. The van der Waals surface area contributed by atoms with Crippen LogP contribution in [0.25, 0.3) is 0 Å². The highest BCUT2D eigenvalue weighted by atomic mass is 19.1. The molecule has 0 radical (unpaired) electrons. The van der Waals surface area contributed by atoms with Crippen molar-refractivity contribution >= 4 is 0 Å². The molecule has 1 aromatic rings. The zero-order valence-corrected chi connectivity index (χ0v) is 9.22. The number of rotatable bonds is 2. The summed E-state index contributed by atoms with van der Waals surface area (Å²) >= 11 is 0. The molecule has 2 nitrogen and oxygen atoms in total. The van der Waals surface area contributed by atoms with Gasteiger partial charge < -0.3 is 10.1 Å². The number of halogens is 2. The molecule has 0 aliphatic carbocycles. The van der Waals surface area contributed by atoms with Gasteiger partial charge in [0.25, 0.3) is 0 Å². The second-order valence-corrected chi connectivity index (χ2v) is 4.01. The quantitative estimate of drug-likeness (QED) is 0.838. The topological polar surface area (TPSA) is 21.3 Å². The minimum Gasteiger partial charge on any atom is -0.496 e. The van der Waals surface area contributed by atoms with Crippen molar-refractivity contribution in [3.8, 4) is 5.75 Å². The zero-order valence-electron chi connectivity index (χ0n) is 9.22. The molecule has 0 aromatic heterocycles. The molecule has 16 heavy (non-hydrogen) atoms. The van der Waals surface area contributed by atoms with Crippen LogP contribution in [0.2, 0.25) is 0 Å². The monoisotopic (exact) mass is 227 g/mol. The van der Waals surface area contributed by atoms with Crippen molar-refractivity contribution in [2.75, 3.05) is 13.7 Å². The lowest BCUT2D eigenvalue weighted by Crippen LogP contribution is -2.28. The summed E-state index contributed by atoms with van der Waals surface area (Å²) in [5.41, 5.74) is 0.448. The van der Waals surface area contributed by atoms with Crippen LogP contribution in [0.15, 0.2) is 12.1 Å². The molecule has 88 valence electrons. The Hall–Kier alpha value is -1.16. The molecular weight excluding hydrogens is 212 g/mol. The summed E-state index contributed by atoms with van der Waals surface area (Å²) in [6.45, 7) is 0.866. The molecule has 1 aliphatic rings. The summed E-state index contributed by atoms with van der Waals surface area (Å²) in [6.07, 6.45) is 3.01. The average molecular weight is 227 g/mol. The number of hydrogen-bond acceptors (Lipinski definition) is 2. The maximum Gasteiger partial charge on any atom is 0.134 e. The Kier molecular flexibility index (Phi) is 3.39. The third-order valence-electron chi connectivity index (χ3n) is 2.94. The van der Waals surface area contributed by atoms with E-state index in [1.807, 2.05) is 0 Å². The largest absolute Gasteiger partial charge is 0.496 e. The first-order valence-electron chi connectivity index (χ1n) is 5.48. The average Bonchev–Trinajstić information content (AvgIpc) is 2.29. The molecule has 1 heterocycles. The summed E-state index contributed by atoms with van der Waals surface area (Å²) in [4.78, 5) is 0. The minimum atomic E-state index is -0.603. The van der Waals surface area contributed by atoms with Gasteiger partial charge in [-0.05, 0) is 19.4 Å². The standard InChI is InChI=1S/C12H15F2NO/c1-16-11-7-8(13)6-9(14)12(11)10-4-2-3-5-15-10/h6-7,10,15H,2-5H2,1H3. The first kappa shape index (κ1) is 11.3. The zero-order chi connectivity index (χ0) is 11.5. The summed E-state index contributed by atoms with van der Waals surface area (Å²) in [5, 5.41) is 3.23. The number of piperidine rings is 1. The first-order valence-corrected chi connectivity index (χ1v) is 5.48. The minimum absolute atomic E-state index is 0.0655. The normalized spacial score (nSPS) is 20.8. The lowest BCUT2D eigenvalue weighted by atomic mass is 9.96. The highest BCUT2D eigenvalue weighted by molar-refractivity contribution is 5.38. The lowest BCUT2D eigenvalue weighted by molar-refractivity contribution is 0.359. The molecule has 2 rings (SSSR count). The highest BCUT2D eigenvalue weighted by Crippen LogP contribution is 2.33. The van der Waals surface area contributed by atoms with Gasteiger partial charge in [0.15, 0.2) is 0 Å². The van der Waals surface area contributed by atoms with Gasteiger partial charge in [-0.15, -0.1) is 0 Å². The molecule has 1 fully saturated rings. The van der Waals surface area contributed by atoms with Crippen LogP contribution in [-0.2, 0) is 0 Å². The van der Waals surface area contributed by atoms with E-state index in [0.29, 0.717) is 5.56 Å². The van der Waals surface area contributed by atoms with E-state index < -0.39 is 11.6 Å². The van der Waals surface area contributed by atoms with Crippen LogP contribution in [-0.4, -0.2) is 13.7 Å². The molecule has 1 aliphatic heterocycles. The van der Waals surface area contributed by atoms with Crippen LogP contribution in [0.1, 0.15) is 30.9 Å². The molecule has 1 unspecified atom stereocenters. The van der Waals surface area contributed by atoms with E-state index in [1.165, 1.54) is 13.2 Å². The molecular formula is C12H15F2NO. The molecule has 1 saturated heterocycles. The smallest absolute Gasteiger partial charge is 0.134 e. The Labute approximate surface area is 93.6 Å². The SMILES string of the molecule is COc1cc(F)cc(F)c1C1CCCCN1. The molecule has 0 bridgehead atoms. The fraction of sp³-hybridized carbons (Fsp3) is 0.500. The fourth-order valence-corrected chi connectivity index (χ4v) is 2.17. The molecule has 0 saturated carbocycles. The molecule has 1 atom stereocenters. The summed E-state index contributed by atoms with van der Waals surface area (Å²) in [6, 6.07) is 2.08. The predicted molar refractivity (Wildman–Crippen MR) is 57.5 cm³/mol.